The van der Waals surface area contributed by atoms with E-state index in [4.69, 9.17) is 0 Å². The summed E-state index contributed by atoms with van der Waals surface area (Å²) in [5, 5.41) is 12.4. The van der Waals surface area contributed by atoms with Crippen molar-refractivity contribution in [2.75, 3.05) is 16.4 Å². The lowest BCUT2D eigenvalue weighted by molar-refractivity contribution is -0.137. The molecule has 0 aliphatic rings. The molecule has 0 atom stereocenters. The van der Waals surface area contributed by atoms with Crippen molar-refractivity contribution in [1.29, 1.82) is 0 Å². The van der Waals surface area contributed by atoms with Crippen molar-refractivity contribution < 1.29 is 27.2 Å². The van der Waals surface area contributed by atoms with Crippen molar-refractivity contribution in [2.24, 2.45) is 0 Å². The third-order valence-corrected chi connectivity index (χ3v) is 5.52. The van der Waals surface area contributed by atoms with E-state index < -0.39 is 29.4 Å². The van der Waals surface area contributed by atoms with Crippen LogP contribution in [0.2, 0.25) is 0 Å². The van der Waals surface area contributed by atoms with Gasteiger partial charge in [-0.15, -0.1) is 10.2 Å². The second-order valence-corrected chi connectivity index (χ2v) is 7.92. The number of alkyl halides is 3. The van der Waals surface area contributed by atoms with Crippen molar-refractivity contribution >= 4 is 45.7 Å². The van der Waals surface area contributed by atoms with Gasteiger partial charge in [-0.1, -0.05) is 41.3 Å². The van der Waals surface area contributed by atoms with E-state index in [0.717, 1.165) is 41.3 Å². The van der Waals surface area contributed by atoms with Gasteiger partial charge in [-0.3, -0.25) is 14.9 Å². The first kappa shape index (κ1) is 21.7. The molecule has 0 spiro atoms. The van der Waals surface area contributed by atoms with Gasteiger partial charge < -0.3 is 5.32 Å². The van der Waals surface area contributed by atoms with E-state index in [0.29, 0.717) is 4.34 Å². The number of halogens is 4. The zero-order valence-corrected chi connectivity index (χ0v) is 16.5. The summed E-state index contributed by atoms with van der Waals surface area (Å²) >= 11 is 1.92. The molecule has 12 heteroatoms. The maximum atomic E-state index is 13.2. The molecule has 1 aromatic heterocycles. The highest BCUT2D eigenvalue weighted by atomic mass is 32.2. The number of para-hydroxylation sites is 1. The van der Waals surface area contributed by atoms with E-state index in [9.17, 15) is 27.2 Å². The fourth-order valence-corrected chi connectivity index (χ4v) is 3.82. The molecule has 0 radical (unpaired) electrons. The third-order valence-electron chi connectivity index (χ3n) is 3.55. The van der Waals surface area contributed by atoms with Crippen molar-refractivity contribution in [3.05, 3.63) is 65.5 Å². The Kier molecular flexibility index (Phi) is 6.67. The van der Waals surface area contributed by atoms with Crippen LogP contribution >= 0.6 is 23.1 Å². The van der Waals surface area contributed by atoms with Gasteiger partial charge in [0.05, 0.1) is 17.0 Å². The molecule has 0 aliphatic carbocycles. The molecule has 0 saturated carbocycles. The quantitative estimate of drug-likeness (QED) is 0.320. The highest BCUT2D eigenvalue weighted by Gasteiger charge is 2.33. The smallest absolute Gasteiger partial charge is 0.325 e. The number of aromatic nitrogens is 2. The van der Waals surface area contributed by atoms with Crippen LogP contribution in [0.5, 0.6) is 0 Å². The molecule has 2 N–H and O–H groups in total. The molecule has 2 aromatic carbocycles. The van der Waals surface area contributed by atoms with Crippen LogP contribution in [0.1, 0.15) is 15.9 Å². The number of anilines is 2. The zero-order chi connectivity index (χ0) is 21.7. The standard InChI is InChI=1S/C18H12F4N4O2S2/c19-11-5-3-4-10(8-11)15(28)24-16-25-26-17(30-16)29-9-14(27)23-13-7-2-1-6-12(13)18(20,21)22/h1-8H,9H2,(H,23,27)(H,24,25,28). The van der Waals surface area contributed by atoms with Gasteiger partial charge in [-0.2, -0.15) is 13.2 Å². The lowest BCUT2D eigenvalue weighted by atomic mass is 10.1. The van der Waals surface area contributed by atoms with Crippen molar-refractivity contribution in [3.8, 4) is 0 Å². The van der Waals surface area contributed by atoms with E-state index >= 15 is 0 Å². The van der Waals surface area contributed by atoms with Gasteiger partial charge in [0, 0.05) is 5.56 Å². The molecule has 3 rings (SSSR count). The van der Waals surface area contributed by atoms with E-state index in [1.807, 2.05) is 0 Å². The van der Waals surface area contributed by atoms with Gasteiger partial charge >= 0.3 is 6.18 Å². The Morgan fingerprint density at radius 1 is 1.03 bits per heavy atom. The molecule has 0 aliphatic heterocycles. The molecule has 1 heterocycles. The molecule has 30 heavy (non-hydrogen) atoms. The van der Waals surface area contributed by atoms with E-state index in [-0.39, 0.29) is 22.1 Å². The van der Waals surface area contributed by atoms with Crippen LogP contribution in [0.4, 0.5) is 28.4 Å². The first-order valence-electron chi connectivity index (χ1n) is 8.21. The molecular formula is C18H12F4N4O2S2. The first-order valence-corrected chi connectivity index (χ1v) is 10.0. The maximum Gasteiger partial charge on any atom is 0.418 e. The number of thioether (sulfide) groups is 1. The van der Waals surface area contributed by atoms with Crippen LogP contribution < -0.4 is 10.6 Å². The Labute approximate surface area is 175 Å². The van der Waals surface area contributed by atoms with Crippen LogP contribution in [0.25, 0.3) is 0 Å². The van der Waals surface area contributed by atoms with Crippen molar-refractivity contribution in [1.82, 2.24) is 10.2 Å². The van der Waals surface area contributed by atoms with Crippen LogP contribution in [0.3, 0.4) is 0 Å². The summed E-state index contributed by atoms with van der Waals surface area (Å²) in [6, 6.07) is 9.74. The topological polar surface area (TPSA) is 84.0 Å². The number of amides is 2. The highest BCUT2D eigenvalue weighted by molar-refractivity contribution is 8.01. The lowest BCUT2D eigenvalue weighted by Gasteiger charge is -2.13. The Balaban J connectivity index is 1.56. The Bertz CT molecular complexity index is 1070. The van der Waals surface area contributed by atoms with Gasteiger partial charge in [0.25, 0.3) is 5.91 Å². The number of hydrogen-bond acceptors (Lipinski definition) is 6. The molecule has 0 unspecified atom stereocenters. The van der Waals surface area contributed by atoms with E-state index in [1.54, 1.807) is 0 Å². The van der Waals surface area contributed by atoms with Crippen LogP contribution in [0.15, 0.2) is 52.9 Å². The van der Waals surface area contributed by atoms with E-state index in [1.165, 1.54) is 30.3 Å². The minimum absolute atomic E-state index is 0.0992. The minimum atomic E-state index is -4.59. The van der Waals surface area contributed by atoms with Gasteiger partial charge in [0.2, 0.25) is 11.0 Å². The SMILES string of the molecule is O=C(CSc1nnc(NC(=O)c2cccc(F)c2)s1)Nc1ccccc1C(F)(F)F. The monoisotopic (exact) mass is 456 g/mol. The number of carbonyl (C=O) groups excluding carboxylic acids is 2. The van der Waals surface area contributed by atoms with Crippen LogP contribution in [-0.2, 0) is 11.0 Å². The summed E-state index contributed by atoms with van der Waals surface area (Å²) in [7, 11) is 0. The van der Waals surface area contributed by atoms with E-state index in [2.05, 4.69) is 20.8 Å². The van der Waals surface area contributed by atoms with Crippen LogP contribution in [0, 0.1) is 5.82 Å². The molecule has 0 saturated heterocycles. The molecule has 2 amide bonds. The molecular weight excluding hydrogens is 444 g/mol. The molecule has 0 bridgehead atoms. The van der Waals surface area contributed by atoms with Crippen molar-refractivity contribution in [2.45, 2.75) is 10.5 Å². The Morgan fingerprint density at radius 2 is 1.80 bits per heavy atom. The fourth-order valence-electron chi connectivity index (χ4n) is 2.27. The maximum absolute atomic E-state index is 13.2. The number of nitrogens with zero attached hydrogens (tertiary/aromatic N) is 2. The predicted molar refractivity (Wildman–Crippen MR) is 105 cm³/mol. The second-order valence-electron chi connectivity index (χ2n) is 5.72. The average molecular weight is 456 g/mol. The number of benzene rings is 2. The summed E-state index contributed by atoms with van der Waals surface area (Å²) in [6.07, 6.45) is -4.59. The summed E-state index contributed by atoms with van der Waals surface area (Å²) in [5.74, 6) is -2.01. The van der Waals surface area contributed by atoms with Crippen molar-refractivity contribution in [3.63, 3.8) is 0 Å². The minimum Gasteiger partial charge on any atom is -0.325 e. The number of hydrogen-bond donors (Lipinski definition) is 2. The van der Waals surface area contributed by atoms with Gasteiger partial charge in [0.15, 0.2) is 4.34 Å². The molecule has 3 aromatic rings. The van der Waals surface area contributed by atoms with Gasteiger partial charge in [0.1, 0.15) is 5.82 Å². The first-order chi connectivity index (χ1) is 14.2. The average Bonchev–Trinajstić information content (AvgIpc) is 3.13. The summed E-state index contributed by atoms with van der Waals surface area (Å²) in [5.41, 5.74) is -1.18. The van der Waals surface area contributed by atoms with Crippen LogP contribution in [-0.4, -0.2) is 27.8 Å². The zero-order valence-electron chi connectivity index (χ0n) is 14.9. The summed E-state index contributed by atoms with van der Waals surface area (Å²) in [6.45, 7) is 0. The number of nitrogens with one attached hydrogen (secondary N) is 2. The molecule has 6 nitrogen and oxygen atoms in total. The van der Waals surface area contributed by atoms with Gasteiger partial charge in [-0.25, -0.2) is 4.39 Å². The molecule has 0 fully saturated rings. The second kappa shape index (κ2) is 9.22. The fraction of sp³-hybridized carbons (Fsp3) is 0.111. The third kappa shape index (κ3) is 5.76. The predicted octanol–water partition coefficient (Wildman–Crippen LogP) is 4.68. The Hall–Kier alpha value is -2.99. The largest absolute Gasteiger partial charge is 0.418 e. The molecule has 156 valence electrons. The Morgan fingerprint density at radius 3 is 2.53 bits per heavy atom. The highest BCUT2D eigenvalue weighted by Crippen LogP contribution is 2.34. The van der Waals surface area contributed by atoms with Gasteiger partial charge in [-0.05, 0) is 30.3 Å². The summed E-state index contributed by atoms with van der Waals surface area (Å²) < 4.78 is 52.4. The lowest BCUT2D eigenvalue weighted by Crippen LogP contribution is -2.18. The number of rotatable bonds is 6. The normalized spacial score (nSPS) is 11.2. The summed E-state index contributed by atoms with van der Waals surface area (Å²) in [4.78, 5) is 24.1. The number of carbonyl (C=O) groups is 2.